The van der Waals surface area contributed by atoms with Crippen LogP contribution in [0.5, 0.6) is 0 Å². The average Bonchev–Trinajstić information content (AvgIpc) is 3.57. The summed E-state index contributed by atoms with van der Waals surface area (Å²) >= 11 is 1.83. The zero-order valence-electron chi connectivity index (χ0n) is 26.4. The van der Waals surface area contributed by atoms with Crippen LogP contribution in [-0.2, 0) is 0 Å². The molecule has 0 spiro atoms. The summed E-state index contributed by atoms with van der Waals surface area (Å²) in [5, 5.41) is 16.3. The molecular formula is C44H28N4S. The van der Waals surface area contributed by atoms with Crippen LogP contribution in [-0.4, -0.2) is 20.4 Å². The van der Waals surface area contributed by atoms with Gasteiger partial charge in [0.05, 0.1) is 5.69 Å². The van der Waals surface area contributed by atoms with Gasteiger partial charge < -0.3 is 0 Å². The Hall–Kier alpha value is -6.30. The van der Waals surface area contributed by atoms with Gasteiger partial charge in [0, 0.05) is 48.6 Å². The molecule has 230 valence electrons. The Morgan fingerprint density at radius 2 is 1.04 bits per heavy atom. The first kappa shape index (κ1) is 28.9. The fourth-order valence-electron chi connectivity index (χ4n) is 6.89. The van der Waals surface area contributed by atoms with Crippen molar-refractivity contribution >= 4 is 31.5 Å². The van der Waals surface area contributed by atoms with Crippen LogP contribution in [0.2, 0.25) is 0 Å². The van der Waals surface area contributed by atoms with E-state index in [9.17, 15) is 0 Å². The Morgan fingerprint density at radius 3 is 1.80 bits per heavy atom. The lowest BCUT2D eigenvalue weighted by molar-refractivity contribution is 0.879. The number of hydrogen-bond acceptors (Lipinski definition) is 5. The molecule has 0 amide bonds. The zero-order chi connectivity index (χ0) is 32.6. The maximum absolute atomic E-state index is 4.98. The normalized spacial score (nSPS) is 11.3. The standard InChI is InChI=1S/C44H28N4S/c1-4-15-29(16-5-1)32-26-27-38-42(33-21-10-11-25-37(33)49-38)41(32)34-22-14-23-35(40(34)36-24-12-13-28-45-36)44-39(30-17-6-2-7-18-30)43(46-48-47-44)31-19-8-3-9-20-31/h1-28H. The molecule has 5 heteroatoms. The van der Waals surface area contributed by atoms with Crippen LogP contribution in [0.15, 0.2) is 170 Å². The molecule has 0 aliphatic rings. The molecule has 0 aliphatic carbocycles. The third kappa shape index (κ3) is 5.08. The lowest BCUT2D eigenvalue weighted by atomic mass is 9.84. The molecule has 0 unspecified atom stereocenters. The minimum atomic E-state index is 0.756. The number of pyridine rings is 1. The number of fused-ring (bicyclic) bond motifs is 3. The third-order valence-electron chi connectivity index (χ3n) is 9.01. The van der Waals surface area contributed by atoms with Crippen LogP contribution in [0.1, 0.15) is 0 Å². The highest BCUT2D eigenvalue weighted by atomic mass is 32.1. The summed E-state index contributed by atoms with van der Waals surface area (Å²) < 4.78 is 2.51. The van der Waals surface area contributed by atoms with Gasteiger partial charge in [-0.25, -0.2) is 0 Å². The molecular weight excluding hydrogens is 617 g/mol. The highest BCUT2D eigenvalue weighted by molar-refractivity contribution is 7.26. The largest absolute Gasteiger partial charge is 0.256 e. The van der Waals surface area contributed by atoms with Crippen LogP contribution in [0.4, 0.5) is 0 Å². The van der Waals surface area contributed by atoms with E-state index in [4.69, 9.17) is 10.1 Å². The molecule has 6 aromatic carbocycles. The van der Waals surface area contributed by atoms with Gasteiger partial charge in [-0.2, -0.15) is 0 Å². The molecule has 0 N–H and O–H groups in total. The van der Waals surface area contributed by atoms with E-state index in [1.807, 2.05) is 53.9 Å². The van der Waals surface area contributed by atoms with E-state index in [1.165, 1.54) is 31.3 Å². The zero-order valence-corrected chi connectivity index (χ0v) is 27.2. The lowest BCUT2D eigenvalue weighted by Gasteiger charge is -2.20. The first-order valence-electron chi connectivity index (χ1n) is 16.2. The minimum absolute atomic E-state index is 0.756. The van der Waals surface area contributed by atoms with E-state index in [0.29, 0.717) is 0 Å². The van der Waals surface area contributed by atoms with Crippen LogP contribution in [0, 0.1) is 0 Å². The predicted octanol–water partition coefficient (Wildman–Crippen LogP) is 11.6. The minimum Gasteiger partial charge on any atom is -0.256 e. The number of nitrogens with zero attached hydrogens (tertiary/aromatic N) is 4. The first-order chi connectivity index (χ1) is 24.3. The molecule has 49 heavy (non-hydrogen) atoms. The van der Waals surface area contributed by atoms with Crippen LogP contribution < -0.4 is 0 Å². The van der Waals surface area contributed by atoms with E-state index in [2.05, 4.69) is 138 Å². The molecule has 9 aromatic rings. The van der Waals surface area contributed by atoms with Gasteiger partial charge in [-0.3, -0.25) is 4.98 Å². The van der Waals surface area contributed by atoms with Gasteiger partial charge >= 0.3 is 0 Å². The molecule has 0 atom stereocenters. The molecule has 4 nitrogen and oxygen atoms in total. The fourth-order valence-corrected chi connectivity index (χ4v) is 8.00. The van der Waals surface area contributed by atoms with Gasteiger partial charge in [-0.1, -0.05) is 140 Å². The third-order valence-corrected chi connectivity index (χ3v) is 10.1. The maximum Gasteiger partial charge on any atom is 0.105 e. The van der Waals surface area contributed by atoms with Crippen molar-refractivity contribution in [2.24, 2.45) is 0 Å². The Morgan fingerprint density at radius 1 is 0.388 bits per heavy atom. The molecule has 0 bridgehead atoms. The first-order valence-corrected chi connectivity index (χ1v) is 17.1. The molecule has 0 saturated carbocycles. The van der Waals surface area contributed by atoms with Crippen molar-refractivity contribution < 1.29 is 0 Å². The second kappa shape index (κ2) is 12.4. The van der Waals surface area contributed by atoms with E-state index in [-0.39, 0.29) is 0 Å². The van der Waals surface area contributed by atoms with Crippen molar-refractivity contribution in [1.29, 1.82) is 0 Å². The number of thiophene rings is 1. The summed E-state index contributed by atoms with van der Waals surface area (Å²) in [4.78, 5) is 4.98. The molecule has 0 fully saturated rings. The summed E-state index contributed by atoms with van der Waals surface area (Å²) in [6.45, 7) is 0. The molecule has 0 aliphatic heterocycles. The van der Waals surface area contributed by atoms with Gasteiger partial charge in [0.15, 0.2) is 0 Å². The SMILES string of the molecule is c1ccc(-c2ccc3sc4ccccc4c3c2-c2cccc(-c3nnnc(-c4ccccc4)c3-c3ccccc3)c2-c2ccccn2)cc1. The highest BCUT2D eigenvalue weighted by Crippen LogP contribution is 2.50. The topological polar surface area (TPSA) is 51.6 Å². The summed E-state index contributed by atoms with van der Waals surface area (Å²) in [5.41, 5.74) is 11.9. The highest BCUT2D eigenvalue weighted by Gasteiger charge is 2.25. The molecule has 3 heterocycles. The van der Waals surface area contributed by atoms with Crippen LogP contribution in [0.3, 0.4) is 0 Å². The Kier molecular flexibility index (Phi) is 7.30. The van der Waals surface area contributed by atoms with E-state index in [0.717, 1.165) is 56.0 Å². The Balaban J connectivity index is 1.43. The van der Waals surface area contributed by atoms with Crippen molar-refractivity contribution in [3.63, 3.8) is 0 Å². The van der Waals surface area contributed by atoms with E-state index >= 15 is 0 Å². The van der Waals surface area contributed by atoms with Gasteiger partial charge in [0.1, 0.15) is 11.4 Å². The van der Waals surface area contributed by atoms with Crippen molar-refractivity contribution in [1.82, 2.24) is 20.4 Å². The lowest BCUT2D eigenvalue weighted by Crippen LogP contribution is -2.02. The maximum atomic E-state index is 4.98. The average molecular weight is 645 g/mol. The molecule has 0 radical (unpaired) electrons. The molecule has 0 saturated heterocycles. The summed E-state index contributed by atoms with van der Waals surface area (Å²) in [5.74, 6) is 0. The smallest absolute Gasteiger partial charge is 0.105 e. The predicted molar refractivity (Wildman–Crippen MR) is 203 cm³/mol. The van der Waals surface area contributed by atoms with Crippen LogP contribution in [0.25, 0.3) is 87.3 Å². The number of aromatic nitrogens is 4. The second-order valence-corrected chi connectivity index (χ2v) is 12.9. The van der Waals surface area contributed by atoms with Crippen molar-refractivity contribution in [3.05, 3.63) is 170 Å². The van der Waals surface area contributed by atoms with Crippen molar-refractivity contribution in [2.45, 2.75) is 0 Å². The quantitative estimate of drug-likeness (QED) is 0.181. The van der Waals surface area contributed by atoms with Crippen LogP contribution >= 0.6 is 11.3 Å². The van der Waals surface area contributed by atoms with E-state index < -0.39 is 0 Å². The van der Waals surface area contributed by atoms with Crippen molar-refractivity contribution in [2.75, 3.05) is 0 Å². The summed E-state index contributed by atoms with van der Waals surface area (Å²) in [6.07, 6.45) is 1.86. The van der Waals surface area contributed by atoms with Gasteiger partial charge in [-0.15, -0.1) is 21.5 Å². The summed E-state index contributed by atoms with van der Waals surface area (Å²) in [7, 11) is 0. The van der Waals surface area contributed by atoms with Gasteiger partial charge in [0.25, 0.3) is 0 Å². The summed E-state index contributed by atoms with van der Waals surface area (Å²) in [6, 6.07) is 57.1. The van der Waals surface area contributed by atoms with Gasteiger partial charge in [-0.05, 0) is 57.3 Å². The monoisotopic (exact) mass is 644 g/mol. The second-order valence-electron chi connectivity index (χ2n) is 11.9. The molecule has 9 rings (SSSR count). The van der Waals surface area contributed by atoms with Crippen molar-refractivity contribution in [3.8, 4) is 67.2 Å². The Labute approximate surface area is 288 Å². The fraction of sp³-hybridized carbons (Fsp3) is 0. The number of rotatable bonds is 6. The van der Waals surface area contributed by atoms with E-state index in [1.54, 1.807) is 0 Å². The number of benzene rings is 6. The van der Waals surface area contributed by atoms with Gasteiger partial charge in [0.2, 0.25) is 0 Å². The molecule has 3 aromatic heterocycles. The number of hydrogen-bond donors (Lipinski definition) is 0. The Bertz CT molecular complexity index is 2580.